The third-order valence-electron chi connectivity index (χ3n) is 5.05. The van der Waals surface area contributed by atoms with E-state index in [9.17, 15) is 9.59 Å². The number of nitrogens with zero attached hydrogens (tertiary/aromatic N) is 3. The van der Waals surface area contributed by atoms with Gasteiger partial charge in [0.05, 0.1) is 11.1 Å². The van der Waals surface area contributed by atoms with Crippen LogP contribution in [-0.2, 0) is 17.8 Å². The summed E-state index contributed by atoms with van der Waals surface area (Å²) >= 11 is 6.06. The SMILES string of the molecule is CCc1ccc(-n2c(=O)c3cccnc3n2CC(=O)Nc2cc(Cl)ccc2C)cc1. The maximum absolute atomic E-state index is 13.1. The Balaban J connectivity index is 1.76. The van der Waals surface area contributed by atoms with E-state index in [1.165, 1.54) is 10.2 Å². The van der Waals surface area contributed by atoms with Crippen molar-refractivity contribution in [1.82, 2.24) is 14.3 Å². The standard InChI is InChI=1S/C23H21ClN4O2/c1-3-16-7-10-18(11-8-16)28-23(30)19-5-4-12-25-22(19)27(28)14-21(29)26-20-13-17(24)9-6-15(20)2/h4-13H,3,14H2,1-2H3,(H,26,29). The molecule has 1 N–H and O–H groups in total. The molecule has 0 spiro atoms. The number of hydrogen-bond acceptors (Lipinski definition) is 3. The molecular weight excluding hydrogens is 400 g/mol. The summed E-state index contributed by atoms with van der Waals surface area (Å²) in [6, 6.07) is 16.5. The highest BCUT2D eigenvalue weighted by Crippen LogP contribution is 2.21. The number of aryl methyl sites for hydroxylation is 2. The molecule has 0 saturated carbocycles. The first-order chi connectivity index (χ1) is 14.5. The van der Waals surface area contributed by atoms with E-state index in [1.807, 2.05) is 37.3 Å². The number of rotatable bonds is 5. The normalized spacial score (nSPS) is 11.0. The highest BCUT2D eigenvalue weighted by molar-refractivity contribution is 6.31. The van der Waals surface area contributed by atoms with Crippen LogP contribution in [0.2, 0.25) is 5.02 Å². The third kappa shape index (κ3) is 3.74. The van der Waals surface area contributed by atoms with Gasteiger partial charge in [-0.05, 0) is 60.9 Å². The Labute approximate surface area is 178 Å². The van der Waals surface area contributed by atoms with Crippen LogP contribution in [0.1, 0.15) is 18.1 Å². The lowest BCUT2D eigenvalue weighted by molar-refractivity contribution is -0.116. The Kier molecular flexibility index (Phi) is 5.42. The quantitative estimate of drug-likeness (QED) is 0.521. The number of nitrogens with one attached hydrogen (secondary N) is 1. The highest BCUT2D eigenvalue weighted by atomic mass is 35.5. The molecule has 0 saturated heterocycles. The predicted octanol–water partition coefficient (Wildman–Crippen LogP) is 4.35. The van der Waals surface area contributed by atoms with Crippen molar-refractivity contribution in [3.8, 4) is 5.69 Å². The maximum atomic E-state index is 13.1. The molecular formula is C23H21ClN4O2. The molecule has 2 aromatic carbocycles. The smallest absolute Gasteiger partial charge is 0.280 e. The van der Waals surface area contributed by atoms with Crippen molar-refractivity contribution in [2.75, 3.05) is 5.32 Å². The molecule has 0 atom stereocenters. The minimum absolute atomic E-state index is 0.0722. The minimum Gasteiger partial charge on any atom is -0.324 e. The molecule has 4 aromatic rings. The molecule has 0 aliphatic rings. The average molecular weight is 421 g/mol. The average Bonchev–Trinajstić information content (AvgIpc) is 3.02. The molecule has 6 nitrogen and oxygen atoms in total. The van der Waals surface area contributed by atoms with Crippen molar-refractivity contribution in [3.05, 3.63) is 87.3 Å². The van der Waals surface area contributed by atoms with Gasteiger partial charge in [0, 0.05) is 16.9 Å². The summed E-state index contributed by atoms with van der Waals surface area (Å²) in [5, 5.41) is 3.88. The zero-order chi connectivity index (χ0) is 21.3. The molecule has 4 rings (SSSR count). The first-order valence-corrected chi connectivity index (χ1v) is 10.1. The summed E-state index contributed by atoms with van der Waals surface area (Å²) in [6.45, 7) is 3.89. The molecule has 7 heteroatoms. The largest absolute Gasteiger partial charge is 0.324 e. The summed E-state index contributed by atoms with van der Waals surface area (Å²) in [5.41, 5.74) is 3.63. The van der Waals surface area contributed by atoms with Crippen LogP contribution in [0.25, 0.3) is 16.7 Å². The van der Waals surface area contributed by atoms with Crippen LogP contribution in [0.4, 0.5) is 5.69 Å². The fourth-order valence-electron chi connectivity index (χ4n) is 3.42. The van der Waals surface area contributed by atoms with E-state index < -0.39 is 0 Å². The molecule has 0 radical (unpaired) electrons. The van der Waals surface area contributed by atoms with Gasteiger partial charge in [-0.25, -0.2) is 9.67 Å². The van der Waals surface area contributed by atoms with Crippen LogP contribution in [0.5, 0.6) is 0 Å². The highest BCUT2D eigenvalue weighted by Gasteiger charge is 2.18. The number of aromatic nitrogens is 3. The Bertz CT molecular complexity index is 1290. The zero-order valence-electron chi connectivity index (χ0n) is 16.7. The van der Waals surface area contributed by atoms with E-state index in [4.69, 9.17) is 11.6 Å². The van der Waals surface area contributed by atoms with Crippen molar-refractivity contribution in [3.63, 3.8) is 0 Å². The summed E-state index contributed by atoms with van der Waals surface area (Å²) in [7, 11) is 0. The van der Waals surface area contributed by atoms with Gasteiger partial charge in [0.1, 0.15) is 6.54 Å². The van der Waals surface area contributed by atoms with E-state index in [-0.39, 0.29) is 18.0 Å². The molecule has 0 aliphatic heterocycles. The van der Waals surface area contributed by atoms with Crippen molar-refractivity contribution < 1.29 is 4.79 Å². The van der Waals surface area contributed by atoms with E-state index in [1.54, 1.807) is 35.1 Å². The van der Waals surface area contributed by atoms with E-state index in [2.05, 4.69) is 17.2 Å². The van der Waals surface area contributed by atoms with Crippen molar-refractivity contribution in [2.45, 2.75) is 26.8 Å². The second-order valence-electron chi connectivity index (χ2n) is 7.08. The fraction of sp³-hybridized carbons (Fsp3) is 0.174. The summed E-state index contributed by atoms with van der Waals surface area (Å²) in [6.07, 6.45) is 2.52. The van der Waals surface area contributed by atoms with Gasteiger partial charge in [0.2, 0.25) is 5.91 Å². The van der Waals surface area contributed by atoms with Crippen molar-refractivity contribution >= 4 is 34.2 Å². The second kappa shape index (κ2) is 8.16. The molecule has 1 amide bonds. The lowest BCUT2D eigenvalue weighted by Crippen LogP contribution is -2.27. The Hall–Kier alpha value is -3.38. The number of halogens is 1. The third-order valence-corrected chi connectivity index (χ3v) is 5.29. The van der Waals surface area contributed by atoms with Crippen LogP contribution >= 0.6 is 11.6 Å². The number of carbonyl (C=O) groups is 1. The number of amides is 1. The van der Waals surface area contributed by atoms with Gasteiger partial charge in [-0.15, -0.1) is 0 Å². The molecule has 0 fully saturated rings. The Morgan fingerprint density at radius 1 is 1.13 bits per heavy atom. The van der Waals surface area contributed by atoms with E-state index in [0.29, 0.717) is 27.4 Å². The molecule has 30 heavy (non-hydrogen) atoms. The van der Waals surface area contributed by atoms with Gasteiger partial charge >= 0.3 is 0 Å². The molecule has 0 bridgehead atoms. The van der Waals surface area contributed by atoms with Gasteiger partial charge in [-0.1, -0.05) is 36.7 Å². The van der Waals surface area contributed by atoms with Gasteiger partial charge in [-0.3, -0.25) is 14.3 Å². The predicted molar refractivity (Wildman–Crippen MR) is 120 cm³/mol. The van der Waals surface area contributed by atoms with Crippen LogP contribution < -0.4 is 10.9 Å². The Morgan fingerprint density at radius 2 is 1.90 bits per heavy atom. The topological polar surface area (TPSA) is 68.9 Å². The van der Waals surface area contributed by atoms with Crippen LogP contribution in [-0.4, -0.2) is 20.3 Å². The maximum Gasteiger partial charge on any atom is 0.280 e. The van der Waals surface area contributed by atoms with E-state index in [0.717, 1.165) is 12.0 Å². The lowest BCUT2D eigenvalue weighted by atomic mass is 10.1. The number of hydrogen-bond donors (Lipinski definition) is 1. The van der Waals surface area contributed by atoms with E-state index >= 15 is 0 Å². The number of fused-ring (bicyclic) bond motifs is 1. The molecule has 2 aromatic heterocycles. The number of carbonyl (C=O) groups excluding carboxylic acids is 1. The monoisotopic (exact) mass is 420 g/mol. The minimum atomic E-state index is -0.276. The molecule has 2 heterocycles. The summed E-state index contributed by atoms with van der Waals surface area (Å²) < 4.78 is 3.11. The second-order valence-corrected chi connectivity index (χ2v) is 7.51. The molecule has 152 valence electrons. The fourth-order valence-corrected chi connectivity index (χ4v) is 3.59. The first-order valence-electron chi connectivity index (χ1n) is 9.70. The number of anilines is 1. The zero-order valence-corrected chi connectivity index (χ0v) is 17.5. The number of pyridine rings is 1. The number of benzene rings is 2. The first kappa shape index (κ1) is 19.9. The summed E-state index contributed by atoms with van der Waals surface area (Å²) in [5.74, 6) is -0.276. The van der Waals surface area contributed by atoms with Crippen molar-refractivity contribution in [2.24, 2.45) is 0 Å². The van der Waals surface area contributed by atoms with Gasteiger partial charge in [0.25, 0.3) is 5.56 Å². The van der Waals surface area contributed by atoms with Crippen LogP contribution in [0.3, 0.4) is 0 Å². The molecule has 0 aliphatic carbocycles. The van der Waals surface area contributed by atoms with Gasteiger partial charge < -0.3 is 5.32 Å². The van der Waals surface area contributed by atoms with Gasteiger partial charge in [-0.2, -0.15) is 0 Å². The summed E-state index contributed by atoms with van der Waals surface area (Å²) in [4.78, 5) is 30.3. The molecule has 0 unspecified atom stereocenters. The van der Waals surface area contributed by atoms with Crippen molar-refractivity contribution in [1.29, 1.82) is 0 Å². The Morgan fingerprint density at radius 3 is 2.63 bits per heavy atom. The lowest BCUT2D eigenvalue weighted by Gasteiger charge is -2.14. The van der Waals surface area contributed by atoms with Crippen LogP contribution in [0, 0.1) is 6.92 Å². The van der Waals surface area contributed by atoms with Gasteiger partial charge in [0.15, 0.2) is 5.65 Å². The van der Waals surface area contributed by atoms with Crippen LogP contribution in [0.15, 0.2) is 65.6 Å².